The largest absolute Gasteiger partial charge is 0.356 e. The number of rotatable bonds is 4. The highest BCUT2D eigenvalue weighted by Crippen LogP contribution is 2.25. The number of piperidine rings is 1. The predicted molar refractivity (Wildman–Crippen MR) is 77.0 cm³/mol. The molecular weight excluding hydrogens is 272 g/mol. The molecule has 1 amide bonds. The predicted octanol–water partition coefficient (Wildman–Crippen LogP) is 1.48. The Bertz CT molecular complexity index is 542. The van der Waals surface area contributed by atoms with E-state index in [1.807, 2.05) is 4.90 Å². The molecule has 1 N–H and O–H groups in total. The van der Waals surface area contributed by atoms with Gasteiger partial charge in [0.15, 0.2) is 0 Å². The van der Waals surface area contributed by atoms with Crippen molar-refractivity contribution in [3.05, 3.63) is 28.4 Å². The smallest absolute Gasteiger partial charge is 0.287 e. The highest BCUT2D eigenvalue weighted by atomic mass is 16.6. The summed E-state index contributed by atoms with van der Waals surface area (Å²) in [4.78, 5) is 28.5. The molecule has 1 saturated carbocycles. The van der Waals surface area contributed by atoms with Crippen LogP contribution in [0.15, 0.2) is 18.3 Å². The first kappa shape index (κ1) is 13.8. The van der Waals surface area contributed by atoms with Gasteiger partial charge in [0.05, 0.1) is 10.8 Å². The monoisotopic (exact) mass is 290 g/mol. The number of carbonyl (C=O) groups excluding carboxylic acids is 1. The molecule has 7 nitrogen and oxygen atoms in total. The lowest BCUT2D eigenvalue weighted by Crippen LogP contribution is -2.43. The van der Waals surface area contributed by atoms with Crippen LogP contribution < -0.4 is 10.2 Å². The molecule has 1 aromatic rings. The molecule has 2 heterocycles. The van der Waals surface area contributed by atoms with Gasteiger partial charge < -0.3 is 10.2 Å². The SMILES string of the molecule is O=C(NC1CC1)C1CCCN(c2ccc([N+](=O)[O-])cn2)C1. The van der Waals surface area contributed by atoms with Crippen LogP contribution in [-0.2, 0) is 4.79 Å². The Morgan fingerprint density at radius 3 is 2.81 bits per heavy atom. The molecular formula is C14H18N4O3. The lowest BCUT2D eigenvalue weighted by molar-refractivity contribution is -0.385. The molecule has 1 aliphatic heterocycles. The number of hydrogen-bond acceptors (Lipinski definition) is 5. The fourth-order valence-electron chi connectivity index (χ4n) is 2.62. The first-order chi connectivity index (χ1) is 10.1. The topological polar surface area (TPSA) is 88.4 Å². The highest BCUT2D eigenvalue weighted by Gasteiger charge is 2.30. The Kier molecular flexibility index (Phi) is 3.72. The molecule has 1 aliphatic carbocycles. The van der Waals surface area contributed by atoms with E-state index >= 15 is 0 Å². The third-order valence-electron chi connectivity index (χ3n) is 3.98. The van der Waals surface area contributed by atoms with Crippen molar-refractivity contribution >= 4 is 17.4 Å². The first-order valence-electron chi connectivity index (χ1n) is 7.29. The van der Waals surface area contributed by atoms with E-state index in [4.69, 9.17) is 0 Å². The van der Waals surface area contributed by atoms with E-state index in [1.165, 1.54) is 12.3 Å². The van der Waals surface area contributed by atoms with E-state index in [9.17, 15) is 14.9 Å². The van der Waals surface area contributed by atoms with Crippen LogP contribution >= 0.6 is 0 Å². The maximum absolute atomic E-state index is 12.1. The van der Waals surface area contributed by atoms with Crippen LogP contribution in [0.25, 0.3) is 0 Å². The van der Waals surface area contributed by atoms with Gasteiger partial charge in [-0.05, 0) is 31.7 Å². The second kappa shape index (κ2) is 5.67. The van der Waals surface area contributed by atoms with Gasteiger partial charge in [-0.2, -0.15) is 0 Å². The fraction of sp³-hybridized carbons (Fsp3) is 0.571. The molecule has 0 bridgehead atoms. The minimum Gasteiger partial charge on any atom is -0.356 e. The highest BCUT2D eigenvalue weighted by molar-refractivity contribution is 5.80. The Morgan fingerprint density at radius 1 is 1.38 bits per heavy atom. The number of pyridine rings is 1. The van der Waals surface area contributed by atoms with E-state index in [1.54, 1.807) is 6.07 Å². The van der Waals surface area contributed by atoms with Gasteiger partial charge in [-0.25, -0.2) is 4.98 Å². The van der Waals surface area contributed by atoms with Crippen molar-refractivity contribution in [1.82, 2.24) is 10.3 Å². The van der Waals surface area contributed by atoms with Crippen molar-refractivity contribution < 1.29 is 9.72 Å². The number of nitro groups is 1. The van der Waals surface area contributed by atoms with Crippen LogP contribution in [0.2, 0.25) is 0 Å². The fourth-order valence-corrected chi connectivity index (χ4v) is 2.62. The number of amides is 1. The molecule has 0 radical (unpaired) electrons. The zero-order valence-corrected chi connectivity index (χ0v) is 11.7. The summed E-state index contributed by atoms with van der Waals surface area (Å²) in [5, 5.41) is 13.7. The molecule has 21 heavy (non-hydrogen) atoms. The van der Waals surface area contributed by atoms with Gasteiger partial charge in [0, 0.05) is 25.2 Å². The maximum Gasteiger partial charge on any atom is 0.287 e. The van der Waals surface area contributed by atoms with Gasteiger partial charge in [0.1, 0.15) is 12.0 Å². The Hall–Kier alpha value is -2.18. The molecule has 1 aromatic heterocycles. The summed E-state index contributed by atoms with van der Waals surface area (Å²) >= 11 is 0. The zero-order chi connectivity index (χ0) is 14.8. The average molecular weight is 290 g/mol. The van der Waals surface area contributed by atoms with Crippen LogP contribution in [-0.4, -0.2) is 34.9 Å². The lowest BCUT2D eigenvalue weighted by atomic mass is 9.97. The van der Waals surface area contributed by atoms with Crippen molar-refractivity contribution in [3.63, 3.8) is 0 Å². The molecule has 1 unspecified atom stereocenters. The number of nitrogens with zero attached hydrogens (tertiary/aromatic N) is 3. The summed E-state index contributed by atoms with van der Waals surface area (Å²) in [5.41, 5.74) is -0.0150. The summed E-state index contributed by atoms with van der Waals surface area (Å²) in [5.74, 6) is 0.810. The zero-order valence-electron chi connectivity index (χ0n) is 11.7. The number of nitrogens with one attached hydrogen (secondary N) is 1. The van der Waals surface area contributed by atoms with Crippen LogP contribution in [0.3, 0.4) is 0 Å². The molecule has 112 valence electrons. The number of anilines is 1. The van der Waals surface area contributed by atoms with Crippen molar-refractivity contribution in [2.75, 3.05) is 18.0 Å². The first-order valence-corrected chi connectivity index (χ1v) is 7.29. The summed E-state index contributed by atoms with van der Waals surface area (Å²) in [7, 11) is 0. The van der Waals surface area contributed by atoms with Crippen LogP contribution in [0.4, 0.5) is 11.5 Å². The molecule has 0 aromatic carbocycles. The lowest BCUT2D eigenvalue weighted by Gasteiger charge is -2.32. The Balaban J connectivity index is 1.64. The minimum atomic E-state index is -0.459. The molecule has 1 atom stereocenters. The summed E-state index contributed by atoms with van der Waals surface area (Å²) in [6.45, 7) is 1.46. The molecule has 3 rings (SSSR count). The minimum absolute atomic E-state index is 0.0150. The second-order valence-electron chi connectivity index (χ2n) is 5.70. The molecule has 2 aliphatic rings. The van der Waals surface area contributed by atoms with E-state index in [-0.39, 0.29) is 17.5 Å². The number of carbonyl (C=O) groups is 1. The Labute approximate surface area is 122 Å². The third-order valence-corrected chi connectivity index (χ3v) is 3.98. The normalized spacial score (nSPS) is 21.9. The molecule has 1 saturated heterocycles. The van der Waals surface area contributed by atoms with Gasteiger partial charge in [0.2, 0.25) is 5.91 Å². The van der Waals surface area contributed by atoms with Gasteiger partial charge in [-0.3, -0.25) is 14.9 Å². The average Bonchev–Trinajstić information content (AvgIpc) is 3.31. The summed E-state index contributed by atoms with van der Waals surface area (Å²) in [6.07, 6.45) is 5.27. The van der Waals surface area contributed by atoms with E-state index < -0.39 is 4.92 Å². The summed E-state index contributed by atoms with van der Waals surface area (Å²) in [6, 6.07) is 3.49. The van der Waals surface area contributed by atoms with Crippen LogP contribution in [0, 0.1) is 16.0 Å². The van der Waals surface area contributed by atoms with Crippen molar-refractivity contribution in [1.29, 1.82) is 0 Å². The summed E-state index contributed by atoms with van der Waals surface area (Å²) < 4.78 is 0. The van der Waals surface area contributed by atoms with Crippen molar-refractivity contribution in [3.8, 4) is 0 Å². The standard InChI is InChI=1S/C14H18N4O3/c19-14(16-11-3-4-11)10-2-1-7-17(9-10)13-6-5-12(8-15-13)18(20)21/h5-6,8,10-11H,1-4,7,9H2,(H,16,19). The van der Waals surface area contributed by atoms with Gasteiger partial charge in [-0.15, -0.1) is 0 Å². The van der Waals surface area contributed by atoms with Crippen LogP contribution in [0.5, 0.6) is 0 Å². The Morgan fingerprint density at radius 2 is 2.19 bits per heavy atom. The molecule has 0 spiro atoms. The maximum atomic E-state index is 12.1. The van der Waals surface area contributed by atoms with Gasteiger partial charge in [0.25, 0.3) is 5.69 Å². The third kappa shape index (κ3) is 3.29. The second-order valence-corrected chi connectivity index (χ2v) is 5.70. The van der Waals surface area contributed by atoms with E-state index in [0.717, 1.165) is 32.2 Å². The van der Waals surface area contributed by atoms with Crippen molar-refractivity contribution in [2.24, 2.45) is 5.92 Å². The molecule has 7 heteroatoms. The van der Waals surface area contributed by atoms with E-state index in [2.05, 4.69) is 10.3 Å². The number of aromatic nitrogens is 1. The van der Waals surface area contributed by atoms with Gasteiger partial charge >= 0.3 is 0 Å². The molecule has 2 fully saturated rings. The van der Waals surface area contributed by atoms with E-state index in [0.29, 0.717) is 18.4 Å². The van der Waals surface area contributed by atoms with Crippen molar-refractivity contribution in [2.45, 2.75) is 31.7 Å². The van der Waals surface area contributed by atoms with Gasteiger partial charge in [-0.1, -0.05) is 0 Å². The quantitative estimate of drug-likeness (QED) is 0.670. The van der Waals surface area contributed by atoms with Crippen LogP contribution in [0.1, 0.15) is 25.7 Å². The number of hydrogen-bond donors (Lipinski definition) is 1.